The largest absolute Gasteiger partial charge is 0.463 e. The highest BCUT2D eigenvalue weighted by Gasteiger charge is 2.46. The summed E-state index contributed by atoms with van der Waals surface area (Å²) in [6, 6.07) is 7.01. The zero-order chi connectivity index (χ0) is 31.0. The molecular formula is C32H31ClF3N7OS. The van der Waals surface area contributed by atoms with E-state index in [1.807, 2.05) is 6.07 Å². The number of anilines is 2. The fourth-order valence-corrected chi connectivity index (χ4v) is 8.58. The van der Waals surface area contributed by atoms with Crippen LogP contribution in [-0.4, -0.2) is 72.5 Å². The van der Waals surface area contributed by atoms with Gasteiger partial charge in [0, 0.05) is 66.6 Å². The fourth-order valence-electron chi connectivity index (χ4n) is 7.34. The van der Waals surface area contributed by atoms with Gasteiger partial charge < -0.3 is 20.7 Å². The van der Waals surface area contributed by atoms with Crippen LogP contribution in [0.3, 0.4) is 0 Å². The van der Waals surface area contributed by atoms with Gasteiger partial charge in [0.05, 0.1) is 21.9 Å². The smallest absolute Gasteiger partial charge is 0.319 e. The highest BCUT2D eigenvalue weighted by Crippen LogP contribution is 2.48. The van der Waals surface area contributed by atoms with Gasteiger partial charge in [-0.05, 0) is 49.8 Å². The number of piperazine rings is 1. The molecule has 0 spiro atoms. The van der Waals surface area contributed by atoms with E-state index in [2.05, 4.69) is 20.1 Å². The number of benzene rings is 2. The Balaban J connectivity index is 1.23. The Hall–Kier alpha value is -3.37. The van der Waals surface area contributed by atoms with E-state index in [1.54, 1.807) is 6.07 Å². The summed E-state index contributed by atoms with van der Waals surface area (Å²) in [6.07, 6.45) is 3.79. The van der Waals surface area contributed by atoms with Gasteiger partial charge in [0.15, 0.2) is 5.82 Å². The van der Waals surface area contributed by atoms with E-state index in [9.17, 15) is 14.0 Å². The Morgan fingerprint density at radius 2 is 1.93 bits per heavy atom. The van der Waals surface area contributed by atoms with Crippen LogP contribution < -0.4 is 20.7 Å². The standard InChI is InChI=1S/C32H31ClF3N7OS/c33-22-9-20-27(26(36)25(22)19-3-4-23(35)28-24(19)21(10-37)29(38)45-28)40-31(41-30(20)43-12-17-1-2-18(13-43)39-17)44-15-32(6-7-32)14-42-8-5-16(34)11-42/h3-4,9,16-18,39H,1-2,5-8,11-15,38H2/t16-,17?,18?/m0/s1. The van der Waals surface area contributed by atoms with Crippen LogP contribution >= 0.6 is 22.9 Å². The summed E-state index contributed by atoms with van der Waals surface area (Å²) >= 11 is 7.78. The average molecular weight is 654 g/mol. The molecule has 4 aromatic rings. The van der Waals surface area contributed by atoms with E-state index in [-0.39, 0.29) is 53.7 Å². The van der Waals surface area contributed by atoms with Gasteiger partial charge in [-0.15, -0.1) is 11.3 Å². The van der Waals surface area contributed by atoms with Crippen molar-refractivity contribution in [1.82, 2.24) is 20.2 Å². The third kappa shape index (κ3) is 5.04. The van der Waals surface area contributed by atoms with Gasteiger partial charge in [0.25, 0.3) is 0 Å². The number of thiophene rings is 1. The number of nitriles is 1. The molecule has 2 unspecified atom stereocenters. The van der Waals surface area contributed by atoms with Crippen molar-refractivity contribution in [3.8, 4) is 23.2 Å². The van der Waals surface area contributed by atoms with E-state index in [0.29, 0.717) is 55.9 Å². The minimum absolute atomic E-state index is 0.00733. The van der Waals surface area contributed by atoms with Crippen molar-refractivity contribution in [3.05, 3.63) is 40.4 Å². The minimum atomic E-state index is -0.788. The molecule has 3 atom stereocenters. The summed E-state index contributed by atoms with van der Waals surface area (Å²) < 4.78 is 51.9. The van der Waals surface area contributed by atoms with Crippen molar-refractivity contribution in [2.24, 2.45) is 5.41 Å². The maximum absolute atomic E-state index is 16.9. The van der Waals surface area contributed by atoms with Crippen LogP contribution in [0.5, 0.6) is 6.01 Å². The lowest BCUT2D eigenvalue weighted by molar-refractivity contribution is 0.165. The Labute approximate surface area is 266 Å². The summed E-state index contributed by atoms with van der Waals surface area (Å²) in [6.45, 7) is 3.67. The summed E-state index contributed by atoms with van der Waals surface area (Å²) in [7, 11) is 0. The molecule has 2 bridgehead atoms. The van der Waals surface area contributed by atoms with Crippen molar-refractivity contribution in [3.63, 3.8) is 0 Å². The highest BCUT2D eigenvalue weighted by molar-refractivity contribution is 7.23. The molecule has 3 aliphatic heterocycles. The van der Waals surface area contributed by atoms with E-state index in [0.717, 1.165) is 50.1 Å². The van der Waals surface area contributed by atoms with E-state index < -0.39 is 17.8 Å². The average Bonchev–Trinajstić information content (AvgIpc) is 3.31. The van der Waals surface area contributed by atoms with Crippen molar-refractivity contribution >= 4 is 54.7 Å². The zero-order valence-electron chi connectivity index (χ0n) is 24.4. The van der Waals surface area contributed by atoms with Gasteiger partial charge >= 0.3 is 6.01 Å². The number of hydrogen-bond acceptors (Lipinski definition) is 9. The monoisotopic (exact) mass is 653 g/mol. The number of nitrogens with two attached hydrogens (primary N) is 1. The third-order valence-corrected chi connectivity index (χ3v) is 11.1. The topological polar surface area (TPSA) is 103 Å². The first kappa shape index (κ1) is 29.1. The highest BCUT2D eigenvalue weighted by atomic mass is 35.5. The van der Waals surface area contributed by atoms with Crippen LogP contribution in [-0.2, 0) is 0 Å². The molecule has 0 amide bonds. The van der Waals surface area contributed by atoms with Crippen LogP contribution in [0, 0.1) is 28.4 Å². The number of nitrogens with zero attached hydrogens (tertiary/aromatic N) is 5. The van der Waals surface area contributed by atoms with Gasteiger partial charge in [-0.25, -0.2) is 13.2 Å². The van der Waals surface area contributed by atoms with Crippen LogP contribution in [0.1, 0.15) is 37.7 Å². The second kappa shape index (κ2) is 10.9. The molecule has 13 heteroatoms. The number of aromatic nitrogens is 2. The molecule has 45 heavy (non-hydrogen) atoms. The van der Waals surface area contributed by atoms with Gasteiger partial charge in [-0.2, -0.15) is 15.2 Å². The quantitative estimate of drug-likeness (QED) is 0.249. The van der Waals surface area contributed by atoms with Gasteiger partial charge in [-0.3, -0.25) is 4.90 Å². The predicted molar refractivity (Wildman–Crippen MR) is 170 cm³/mol. The van der Waals surface area contributed by atoms with Gasteiger partial charge in [0.2, 0.25) is 0 Å². The van der Waals surface area contributed by atoms with Crippen LogP contribution in [0.25, 0.3) is 32.1 Å². The number of halogens is 4. The van der Waals surface area contributed by atoms with Crippen LogP contribution in [0.2, 0.25) is 5.02 Å². The molecule has 2 aromatic heterocycles. The first-order valence-electron chi connectivity index (χ1n) is 15.3. The molecule has 3 N–H and O–H groups in total. The summed E-state index contributed by atoms with van der Waals surface area (Å²) in [4.78, 5) is 13.7. The van der Waals surface area contributed by atoms with Crippen LogP contribution in [0.15, 0.2) is 18.2 Å². The fraction of sp³-hybridized carbons (Fsp3) is 0.469. The second-order valence-electron chi connectivity index (χ2n) is 13.0. The maximum Gasteiger partial charge on any atom is 0.319 e. The molecule has 3 saturated heterocycles. The number of ether oxygens (including phenoxy) is 1. The molecule has 4 aliphatic rings. The molecule has 4 fully saturated rings. The normalized spacial score (nSPS) is 24.1. The number of nitrogen functional groups attached to an aromatic ring is 1. The molecule has 8 nitrogen and oxygen atoms in total. The lowest BCUT2D eigenvalue weighted by Crippen LogP contribution is -2.51. The molecule has 1 aliphatic carbocycles. The van der Waals surface area contributed by atoms with E-state index in [1.165, 1.54) is 12.1 Å². The predicted octanol–water partition coefficient (Wildman–Crippen LogP) is 6.04. The lowest BCUT2D eigenvalue weighted by atomic mass is 9.97. The number of fused-ring (bicyclic) bond motifs is 4. The van der Waals surface area contributed by atoms with E-state index >= 15 is 4.39 Å². The SMILES string of the molecule is N#Cc1c(N)sc2c(F)ccc(-c3c(Cl)cc4c(N5CC6CCC(C5)N6)nc(OCC5(CN6CC[C@H](F)C6)CC5)nc4c3F)c12. The van der Waals surface area contributed by atoms with Crippen molar-refractivity contribution in [1.29, 1.82) is 5.26 Å². The number of rotatable bonds is 7. The molecule has 8 rings (SSSR count). The summed E-state index contributed by atoms with van der Waals surface area (Å²) in [5.41, 5.74) is 6.34. The molecule has 234 valence electrons. The molecule has 2 aromatic carbocycles. The maximum atomic E-state index is 16.9. The van der Waals surface area contributed by atoms with Crippen molar-refractivity contribution < 1.29 is 17.9 Å². The van der Waals surface area contributed by atoms with E-state index in [4.69, 9.17) is 27.1 Å². The third-order valence-electron chi connectivity index (χ3n) is 9.80. The summed E-state index contributed by atoms with van der Waals surface area (Å²) in [5.74, 6) is -0.715. The Morgan fingerprint density at radius 1 is 1.16 bits per heavy atom. The first-order valence-corrected chi connectivity index (χ1v) is 16.5. The molecule has 5 heterocycles. The van der Waals surface area contributed by atoms with Gasteiger partial charge in [-0.1, -0.05) is 17.7 Å². The zero-order valence-corrected chi connectivity index (χ0v) is 26.0. The lowest BCUT2D eigenvalue weighted by Gasteiger charge is -2.34. The molecule has 0 radical (unpaired) electrons. The number of likely N-dealkylation sites (tertiary alicyclic amines) is 1. The van der Waals surface area contributed by atoms with Crippen molar-refractivity contribution in [2.45, 2.75) is 50.4 Å². The first-order chi connectivity index (χ1) is 21.7. The Kier molecular flexibility index (Phi) is 7.02. The Morgan fingerprint density at radius 3 is 2.62 bits per heavy atom. The second-order valence-corrected chi connectivity index (χ2v) is 14.4. The Bertz CT molecular complexity index is 1880. The van der Waals surface area contributed by atoms with Crippen molar-refractivity contribution in [2.75, 3.05) is 50.0 Å². The summed E-state index contributed by atoms with van der Waals surface area (Å²) in [5, 5.41) is 14.4. The number of alkyl halides is 1. The number of nitrogens with one attached hydrogen (secondary N) is 1. The van der Waals surface area contributed by atoms with Gasteiger partial charge in [0.1, 0.15) is 34.4 Å². The number of hydrogen-bond donors (Lipinski definition) is 2. The molecule has 1 saturated carbocycles. The molecular weight excluding hydrogens is 623 g/mol. The minimum Gasteiger partial charge on any atom is -0.463 e. The van der Waals surface area contributed by atoms with Crippen LogP contribution in [0.4, 0.5) is 24.0 Å².